The van der Waals surface area contributed by atoms with Gasteiger partial charge in [-0.3, -0.25) is 24.1 Å². The van der Waals surface area contributed by atoms with Crippen molar-refractivity contribution in [1.82, 2.24) is 15.2 Å². The van der Waals surface area contributed by atoms with Gasteiger partial charge in [-0.2, -0.15) is 0 Å². The van der Waals surface area contributed by atoms with E-state index in [-0.39, 0.29) is 30.7 Å². The number of amides is 4. The third kappa shape index (κ3) is 3.54. The number of nitrogens with one attached hydrogen (secondary N) is 2. The summed E-state index contributed by atoms with van der Waals surface area (Å²) in [6, 6.07) is 14.0. The van der Waals surface area contributed by atoms with Crippen LogP contribution < -0.4 is 15.5 Å². The summed E-state index contributed by atoms with van der Waals surface area (Å²) in [6.45, 7) is -0.264. The molecule has 9 nitrogen and oxygen atoms in total. The number of nitrogens with zero attached hydrogens (tertiary/aromatic N) is 3. The molecule has 10 heteroatoms. The topological polar surface area (TPSA) is 112 Å². The molecule has 0 aliphatic carbocycles. The fourth-order valence-electron chi connectivity index (χ4n) is 4.15. The van der Waals surface area contributed by atoms with Gasteiger partial charge in [0.1, 0.15) is 12.7 Å². The predicted octanol–water partition coefficient (Wildman–Crippen LogP) is 2.19. The van der Waals surface area contributed by atoms with Crippen LogP contribution in [0.25, 0.3) is 0 Å². The maximum absolute atomic E-state index is 13.4. The molecule has 1 aromatic heterocycles. The number of carbonyl (C=O) groups is 4. The van der Waals surface area contributed by atoms with Gasteiger partial charge in [0.25, 0.3) is 11.8 Å². The first kappa shape index (κ1) is 20.8. The van der Waals surface area contributed by atoms with Gasteiger partial charge in [-0.05, 0) is 18.2 Å². The normalized spacial score (nSPS) is 16.2. The molecule has 33 heavy (non-hydrogen) atoms. The maximum atomic E-state index is 13.4. The molecule has 166 valence electrons. The van der Waals surface area contributed by atoms with Gasteiger partial charge in [0, 0.05) is 23.6 Å². The number of para-hydroxylation sites is 1. The van der Waals surface area contributed by atoms with Crippen molar-refractivity contribution in [3.8, 4) is 0 Å². The smallest absolute Gasteiger partial charge is 0.260 e. The summed E-state index contributed by atoms with van der Waals surface area (Å²) < 4.78 is 0. The minimum Gasteiger partial charge on any atom is -0.359 e. The van der Waals surface area contributed by atoms with E-state index in [1.807, 2.05) is 6.07 Å². The molecule has 4 amide bonds. The zero-order valence-electron chi connectivity index (χ0n) is 17.6. The first-order valence-electron chi connectivity index (χ1n) is 10.2. The number of carbonyl (C=O) groups excluding carboxylic acids is 4. The molecule has 0 bridgehead atoms. The SMILES string of the molecule is CNC(=O)Cc1csc(NC(=O)CN2C(=O)c3ccccc3N3C(=O)c4ccccc4[C@@H]23)n1. The van der Waals surface area contributed by atoms with Crippen molar-refractivity contribution in [3.63, 3.8) is 0 Å². The molecule has 2 N–H and O–H groups in total. The van der Waals surface area contributed by atoms with Gasteiger partial charge in [0.05, 0.1) is 23.4 Å². The van der Waals surface area contributed by atoms with Gasteiger partial charge in [0.2, 0.25) is 11.8 Å². The van der Waals surface area contributed by atoms with Gasteiger partial charge < -0.3 is 15.5 Å². The van der Waals surface area contributed by atoms with E-state index in [9.17, 15) is 19.2 Å². The summed E-state index contributed by atoms with van der Waals surface area (Å²) >= 11 is 1.20. The van der Waals surface area contributed by atoms with E-state index in [0.29, 0.717) is 33.2 Å². The molecule has 0 spiro atoms. The van der Waals surface area contributed by atoms with E-state index in [0.717, 1.165) is 0 Å². The first-order chi connectivity index (χ1) is 16.0. The fraction of sp³-hybridized carbons (Fsp3) is 0.174. The number of rotatable bonds is 5. The summed E-state index contributed by atoms with van der Waals surface area (Å²) in [5, 5.41) is 7.26. The lowest BCUT2D eigenvalue weighted by Crippen LogP contribution is -2.50. The molecule has 0 saturated heterocycles. The Hall–Kier alpha value is -4.05. The minimum atomic E-state index is -0.707. The molecular weight excluding hydrogens is 442 g/mol. The van der Waals surface area contributed by atoms with Crippen LogP contribution in [0.1, 0.15) is 38.1 Å². The lowest BCUT2D eigenvalue weighted by atomic mass is 10.0. The van der Waals surface area contributed by atoms with Crippen molar-refractivity contribution >= 4 is 45.8 Å². The summed E-state index contributed by atoms with van der Waals surface area (Å²) in [4.78, 5) is 58.2. The number of thiazole rings is 1. The molecule has 2 aliphatic heterocycles. The van der Waals surface area contributed by atoms with Crippen molar-refractivity contribution < 1.29 is 19.2 Å². The Bertz CT molecular complexity index is 1300. The first-order valence-corrected chi connectivity index (χ1v) is 11.1. The van der Waals surface area contributed by atoms with Crippen LogP contribution in [0.15, 0.2) is 53.9 Å². The molecule has 0 radical (unpaired) electrons. The molecule has 0 unspecified atom stereocenters. The summed E-state index contributed by atoms with van der Waals surface area (Å²) in [6.07, 6.45) is -0.595. The van der Waals surface area contributed by atoms with E-state index in [2.05, 4.69) is 15.6 Å². The minimum absolute atomic E-state index is 0.111. The van der Waals surface area contributed by atoms with E-state index < -0.39 is 12.1 Å². The van der Waals surface area contributed by atoms with E-state index >= 15 is 0 Å². The number of likely N-dealkylation sites (N-methyl/N-ethyl adjacent to an activating group) is 1. The number of benzene rings is 2. The fourth-order valence-corrected chi connectivity index (χ4v) is 4.87. The van der Waals surface area contributed by atoms with Gasteiger partial charge in [-0.15, -0.1) is 11.3 Å². The quantitative estimate of drug-likeness (QED) is 0.605. The molecule has 5 rings (SSSR count). The lowest BCUT2D eigenvalue weighted by Gasteiger charge is -2.40. The Morgan fingerprint density at radius 1 is 1.00 bits per heavy atom. The zero-order chi connectivity index (χ0) is 23.1. The second kappa shape index (κ2) is 8.14. The van der Waals surface area contributed by atoms with Gasteiger partial charge in [-0.1, -0.05) is 30.3 Å². The molecule has 0 fully saturated rings. The molecule has 0 saturated carbocycles. The van der Waals surface area contributed by atoms with Crippen molar-refractivity contribution in [2.24, 2.45) is 0 Å². The number of anilines is 2. The Labute approximate surface area is 193 Å². The van der Waals surface area contributed by atoms with Crippen LogP contribution in [-0.2, 0) is 16.0 Å². The largest absolute Gasteiger partial charge is 0.359 e. The summed E-state index contributed by atoms with van der Waals surface area (Å²) in [7, 11) is 1.54. The summed E-state index contributed by atoms with van der Waals surface area (Å²) in [5.41, 5.74) is 2.63. The van der Waals surface area contributed by atoms with Crippen LogP contribution >= 0.6 is 11.3 Å². The molecule has 2 aliphatic rings. The van der Waals surface area contributed by atoms with Crippen molar-refractivity contribution in [2.45, 2.75) is 12.6 Å². The Morgan fingerprint density at radius 2 is 1.73 bits per heavy atom. The monoisotopic (exact) mass is 461 g/mol. The molecule has 1 atom stereocenters. The van der Waals surface area contributed by atoms with E-state index in [1.165, 1.54) is 16.2 Å². The van der Waals surface area contributed by atoms with Crippen LogP contribution in [0, 0.1) is 0 Å². The van der Waals surface area contributed by atoms with E-state index in [4.69, 9.17) is 0 Å². The number of hydrogen-bond acceptors (Lipinski definition) is 6. The Morgan fingerprint density at radius 3 is 2.52 bits per heavy atom. The third-order valence-electron chi connectivity index (χ3n) is 5.62. The lowest BCUT2D eigenvalue weighted by molar-refractivity contribution is -0.120. The van der Waals surface area contributed by atoms with E-state index in [1.54, 1.807) is 59.8 Å². The van der Waals surface area contributed by atoms with Gasteiger partial charge in [-0.25, -0.2) is 4.98 Å². The molecule has 3 aromatic rings. The second-order valence-electron chi connectivity index (χ2n) is 7.63. The van der Waals surface area contributed by atoms with Crippen LogP contribution in [0.5, 0.6) is 0 Å². The molecular formula is C23H19N5O4S. The second-order valence-corrected chi connectivity index (χ2v) is 8.49. The summed E-state index contributed by atoms with van der Waals surface area (Å²) in [5.74, 6) is -1.16. The Kier molecular flexibility index (Phi) is 5.14. The van der Waals surface area contributed by atoms with Crippen molar-refractivity contribution in [3.05, 3.63) is 76.3 Å². The van der Waals surface area contributed by atoms with Crippen LogP contribution in [0.4, 0.5) is 10.8 Å². The number of aromatic nitrogens is 1. The van der Waals surface area contributed by atoms with Crippen molar-refractivity contribution in [2.75, 3.05) is 23.8 Å². The number of hydrogen-bond donors (Lipinski definition) is 2. The molecule has 3 heterocycles. The highest BCUT2D eigenvalue weighted by atomic mass is 32.1. The average molecular weight is 462 g/mol. The standard InChI is InChI=1S/C23H19N5O4S/c1-24-18(29)10-13-12-33-23(25-13)26-19(30)11-27-20-14-6-2-3-7-15(14)22(32)28(20)17-9-5-4-8-16(17)21(27)31/h2-9,12,20H,10-11H2,1H3,(H,24,29)(H,25,26,30)/t20-/m0/s1. The van der Waals surface area contributed by atoms with Gasteiger partial charge >= 0.3 is 0 Å². The Balaban J connectivity index is 1.43. The maximum Gasteiger partial charge on any atom is 0.260 e. The molecule has 2 aromatic carbocycles. The average Bonchev–Trinajstić information content (AvgIpc) is 3.38. The highest BCUT2D eigenvalue weighted by molar-refractivity contribution is 7.13. The third-order valence-corrected chi connectivity index (χ3v) is 6.42. The highest BCUT2D eigenvalue weighted by Crippen LogP contribution is 2.44. The van der Waals surface area contributed by atoms with Crippen LogP contribution in [-0.4, -0.2) is 47.1 Å². The highest BCUT2D eigenvalue weighted by Gasteiger charge is 2.48. The zero-order valence-corrected chi connectivity index (χ0v) is 18.4. The van der Waals surface area contributed by atoms with Gasteiger partial charge in [0.15, 0.2) is 5.13 Å². The van der Waals surface area contributed by atoms with Crippen LogP contribution in [0.3, 0.4) is 0 Å². The predicted molar refractivity (Wildman–Crippen MR) is 122 cm³/mol. The van der Waals surface area contributed by atoms with Crippen LogP contribution in [0.2, 0.25) is 0 Å². The number of fused-ring (bicyclic) bond motifs is 5. The van der Waals surface area contributed by atoms with Crippen molar-refractivity contribution in [1.29, 1.82) is 0 Å².